The number of Topliss-reactive ketones (excluding diaryl/α,β-unsaturated/α-hetero) is 1. The van der Waals surface area contributed by atoms with Gasteiger partial charge in [-0.05, 0) is 67.3 Å². The number of hydrogen-bond donors (Lipinski definition) is 1. The second-order valence-electron chi connectivity index (χ2n) is 9.78. The number of thioether (sulfide) groups is 1. The number of rotatable bonds is 9. The molecule has 3 aromatic carbocycles. The van der Waals surface area contributed by atoms with Crippen molar-refractivity contribution in [3.63, 3.8) is 0 Å². The number of benzene rings is 3. The molecule has 2 heterocycles. The third kappa shape index (κ3) is 6.20. The van der Waals surface area contributed by atoms with Crippen molar-refractivity contribution in [2.75, 3.05) is 11.5 Å². The maximum Gasteiger partial charge on any atom is 0.301 e. The average molecular weight is 641 g/mol. The van der Waals surface area contributed by atoms with Gasteiger partial charge in [0, 0.05) is 21.4 Å². The molecule has 1 saturated heterocycles. The maximum absolute atomic E-state index is 13.6. The van der Waals surface area contributed by atoms with Crippen LogP contribution in [0.4, 0.5) is 5.13 Å². The summed E-state index contributed by atoms with van der Waals surface area (Å²) in [6.07, 6.45) is 0.860. The molecule has 42 heavy (non-hydrogen) atoms. The summed E-state index contributed by atoms with van der Waals surface area (Å²) in [7, 11) is 0. The summed E-state index contributed by atoms with van der Waals surface area (Å²) in [4.78, 5) is 28.5. The van der Waals surface area contributed by atoms with E-state index in [2.05, 4.69) is 10.2 Å². The lowest BCUT2D eigenvalue weighted by Gasteiger charge is -2.23. The molecule has 11 heteroatoms. The molecular formula is C31H27Cl2N3O4S2. The summed E-state index contributed by atoms with van der Waals surface area (Å²) in [6, 6.07) is 17.2. The van der Waals surface area contributed by atoms with Crippen LogP contribution in [0.5, 0.6) is 5.75 Å². The monoisotopic (exact) mass is 639 g/mol. The van der Waals surface area contributed by atoms with Crippen LogP contribution in [0.25, 0.3) is 5.76 Å². The molecule has 1 aromatic heterocycles. The van der Waals surface area contributed by atoms with Gasteiger partial charge in [0.15, 0.2) is 4.34 Å². The molecule has 4 aromatic rings. The molecule has 1 amide bonds. The van der Waals surface area contributed by atoms with E-state index in [0.29, 0.717) is 43.6 Å². The number of hydrogen-bond acceptors (Lipinski definition) is 8. The number of aryl methyl sites for hydroxylation is 2. The molecule has 0 saturated carbocycles. The lowest BCUT2D eigenvalue weighted by Crippen LogP contribution is -2.29. The second kappa shape index (κ2) is 12.9. The number of carbonyl (C=O) groups is 2. The Morgan fingerprint density at radius 2 is 1.81 bits per heavy atom. The first kappa shape index (κ1) is 30.1. The van der Waals surface area contributed by atoms with Crippen LogP contribution in [0.1, 0.15) is 47.2 Å². The van der Waals surface area contributed by atoms with Gasteiger partial charge in [0.1, 0.15) is 11.5 Å². The summed E-state index contributed by atoms with van der Waals surface area (Å²) in [5.74, 6) is -0.625. The lowest BCUT2D eigenvalue weighted by atomic mass is 9.93. The van der Waals surface area contributed by atoms with E-state index in [1.54, 1.807) is 42.5 Å². The van der Waals surface area contributed by atoms with E-state index in [9.17, 15) is 14.7 Å². The minimum absolute atomic E-state index is 0.00623. The number of anilines is 1. The smallest absolute Gasteiger partial charge is 0.301 e. The van der Waals surface area contributed by atoms with Crippen molar-refractivity contribution < 1.29 is 19.4 Å². The van der Waals surface area contributed by atoms with Gasteiger partial charge >= 0.3 is 5.91 Å². The zero-order valence-electron chi connectivity index (χ0n) is 23.1. The predicted octanol–water partition coefficient (Wildman–Crippen LogP) is 8.17. The van der Waals surface area contributed by atoms with Gasteiger partial charge in [0.2, 0.25) is 5.13 Å². The van der Waals surface area contributed by atoms with Crippen LogP contribution in [0, 0.1) is 13.8 Å². The largest absolute Gasteiger partial charge is 0.507 e. The van der Waals surface area contributed by atoms with Gasteiger partial charge < -0.3 is 9.84 Å². The number of aromatic nitrogens is 2. The molecule has 1 aliphatic rings. The first-order chi connectivity index (χ1) is 20.2. The number of ether oxygens (including phenoxy) is 1. The van der Waals surface area contributed by atoms with Crippen LogP contribution < -0.4 is 9.64 Å². The quantitative estimate of drug-likeness (QED) is 0.0649. The van der Waals surface area contributed by atoms with Crippen molar-refractivity contribution >= 4 is 68.9 Å². The molecular weight excluding hydrogens is 613 g/mol. The van der Waals surface area contributed by atoms with Gasteiger partial charge in [-0.15, -0.1) is 10.2 Å². The lowest BCUT2D eigenvalue weighted by molar-refractivity contribution is -0.132. The number of ketones is 1. The molecule has 1 aliphatic heterocycles. The third-order valence-corrected chi connectivity index (χ3v) is 9.42. The summed E-state index contributed by atoms with van der Waals surface area (Å²) >= 11 is 14.9. The van der Waals surface area contributed by atoms with Crippen molar-refractivity contribution in [1.29, 1.82) is 0 Å². The van der Waals surface area contributed by atoms with Gasteiger partial charge in [-0.25, -0.2) is 0 Å². The molecule has 0 bridgehead atoms. The fraction of sp³-hybridized carbons (Fsp3) is 0.226. The van der Waals surface area contributed by atoms with Crippen LogP contribution in [-0.4, -0.2) is 33.6 Å². The van der Waals surface area contributed by atoms with Crippen molar-refractivity contribution in [3.05, 3.63) is 104 Å². The summed E-state index contributed by atoms with van der Waals surface area (Å²) < 4.78 is 6.32. The highest BCUT2D eigenvalue weighted by molar-refractivity contribution is 8.00. The molecule has 1 fully saturated rings. The van der Waals surface area contributed by atoms with Crippen molar-refractivity contribution in [2.45, 2.75) is 43.3 Å². The Labute approximate surface area is 262 Å². The summed E-state index contributed by atoms with van der Waals surface area (Å²) in [5, 5.41) is 21.4. The third-order valence-electron chi connectivity index (χ3n) is 6.73. The molecule has 216 valence electrons. The standard InChI is InChI=1S/C31H27Cl2N3O4S2/c1-4-13-40-22-11-8-19(9-12-22)26-25(27(37)23-14-17(2)5-6-18(23)3)28(38)29(39)36(26)30-34-35-31(42-30)41-16-20-7-10-21(32)15-24(20)33/h5-12,14-15,26,37H,4,13,16H2,1-3H3/b27-25+. The van der Waals surface area contributed by atoms with Gasteiger partial charge in [0.25, 0.3) is 5.78 Å². The summed E-state index contributed by atoms with van der Waals surface area (Å²) in [6.45, 7) is 6.34. The Morgan fingerprint density at radius 3 is 2.52 bits per heavy atom. The highest BCUT2D eigenvalue weighted by atomic mass is 35.5. The maximum atomic E-state index is 13.6. The van der Waals surface area contributed by atoms with E-state index in [1.807, 2.05) is 39.0 Å². The minimum Gasteiger partial charge on any atom is -0.507 e. The van der Waals surface area contributed by atoms with Gasteiger partial charge in [0.05, 0.1) is 18.2 Å². The molecule has 0 aliphatic carbocycles. The molecule has 1 atom stereocenters. The highest BCUT2D eigenvalue weighted by Gasteiger charge is 2.48. The Bertz CT molecular complexity index is 1690. The predicted molar refractivity (Wildman–Crippen MR) is 169 cm³/mol. The summed E-state index contributed by atoms with van der Waals surface area (Å²) in [5.41, 5.74) is 3.69. The van der Waals surface area contributed by atoms with Crippen LogP contribution >= 0.6 is 46.3 Å². The van der Waals surface area contributed by atoms with E-state index >= 15 is 0 Å². The highest BCUT2D eigenvalue weighted by Crippen LogP contribution is 2.44. The van der Waals surface area contributed by atoms with Crippen molar-refractivity contribution in [1.82, 2.24) is 10.2 Å². The van der Waals surface area contributed by atoms with Gasteiger partial charge in [-0.3, -0.25) is 14.5 Å². The topological polar surface area (TPSA) is 92.6 Å². The zero-order valence-corrected chi connectivity index (χ0v) is 26.2. The normalized spacial score (nSPS) is 16.3. The minimum atomic E-state index is -0.915. The molecule has 5 rings (SSSR count). The number of nitrogens with zero attached hydrogens (tertiary/aromatic N) is 3. The van der Waals surface area contributed by atoms with Crippen LogP contribution in [0.2, 0.25) is 10.0 Å². The number of aliphatic hydroxyl groups is 1. The number of aliphatic hydroxyl groups excluding tert-OH is 1. The first-order valence-corrected chi connectivity index (χ1v) is 15.7. The molecule has 1 N–H and O–H groups in total. The van der Waals surface area contributed by atoms with Crippen LogP contribution in [0.15, 0.2) is 70.6 Å². The van der Waals surface area contributed by atoms with E-state index in [0.717, 1.165) is 23.1 Å². The number of halogens is 2. The fourth-order valence-corrected chi connectivity index (χ4v) is 7.01. The van der Waals surface area contributed by atoms with Crippen LogP contribution in [0.3, 0.4) is 0 Å². The van der Waals surface area contributed by atoms with Crippen molar-refractivity contribution in [3.8, 4) is 5.75 Å². The first-order valence-electron chi connectivity index (χ1n) is 13.2. The SMILES string of the molecule is CCCOc1ccc(C2/C(=C(\O)c3cc(C)ccc3C)C(=O)C(=O)N2c2nnc(SCc3ccc(Cl)cc3Cl)s2)cc1. The van der Waals surface area contributed by atoms with E-state index in [-0.39, 0.29) is 16.5 Å². The Hall–Kier alpha value is -3.37. The Kier molecular flexibility index (Phi) is 9.22. The molecule has 0 spiro atoms. The van der Waals surface area contributed by atoms with E-state index < -0.39 is 17.7 Å². The molecule has 7 nitrogen and oxygen atoms in total. The molecule has 1 unspecified atom stereocenters. The zero-order chi connectivity index (χ0) is 30.0. The second-order valence-corrected chi connectivity index (χ2v) is 12.8. The van der Waals surface area contributed by atoms with E-state index in [4.69, 9.17) is 27.9 Å². The number of amides is 1. The Morgan fingerprint density at radius 1 is 1.05 bits per heavy atom. The average Bonchev–Trinajstić information content (AvgIpc) is 3.54. The van der Waals surface area contributed by atoms with Crippen molar-refractivity contribution in [2.24, 2.45) is 0 Å². The Balaban J connectivity index is 1.54. The van der Waals surface area contributed by atoms with Gasteiger partial charge in [-0.1, -0.05) is 89.1 Å². The number of carbonyl (C=O) groups excluding carboxylic acids is 2. The van der Waals surface area contributed by atoms with Crippen LogP contribution in [-0.2, 0) is 15.3 Å². The molecule has 0 radical (unpaired) electrons. The van der Waals surface area contributed by atoms with Gasteiger partial charge in [-0.2, -0.15) is 0 Å². The van der Waals surface area contributed by atoms with E-state index in [1.165, 1.54) is 28.0 Å². The fourth-order valence-electron chi connectivity index (χ4n) is 4.58.